The molecule has 0 bridgehead atoms. The molecule has 0 atom stereocenters. The number of hydrogen-bond acceptors (Lipinski definition) is 5. The van der Waals surface area contributed by atoms with Crippen molar-refractivity contribution in [3.63, 3.8) is 0 Å². The van der Waals surface area contributed by atoms with Gasteiger partial charge in [-0.1, -0.05) is 17.3 Å². The Labute approximate surface area is 141 Å². The normalized spacial score (nSPS) is 15.5. The Balaban J connectivity index is 1.70. The second kappa shape index (κ2) is 7.44. The molecule has 0 radical (unpaired) electrons. The molecular formula is C17H23N5O2. The van der Waals surface area contributed by atoms with Gasteiger partial charge in [-0.2, -0.15) is 0 Å². The summed E-state index contributed by atoms with van der Waals surface area (Å²) in [7, 11) is 0. The molecule has 1 aromatic carbocycles. The van der Waals surface area contributed by atoms with E-state index in [0.717, 1.165) is 25.9 Å². The highest BCUT2D eigenvalue weighted by Gasteiger charge is 2.19. The number of hydrogen-bond donors (Lipinski definition) is 2. The lowest BCUT2D eigenvalue weighted by Crippen LogP contribution is -2.29. The van der Waals surface area contributed by atoms with Crippen LogP contribution in [0.3, 0.4) is 0 Å². The molecule has 0 aliphatic carbocycles. The molecule has 24 heavy (non-hydrogen) atoms. The van der Waals surface area contributed by atoms with E-state index >= 15 is 0 Å². The Morgan fingerprint density at radius 1 is 1.33 bits per heavy atom. The molecule has 0 spiro atoms. The number of rotatable bonds is 5. The van der Waals surface area contributed by atoms with Crippen LogP contribution >= 0.6 is 0 Å². The number of nitrogens with zero attached hydrogens (tertiary/aromatic N) is 3. The van der Waals surface area contributed by atoms with Crippen molar-refractivity contribution >= 4 is 11.6 Å². The number of nitrogens with one attached hydrogen (secondary N) is 2. The maximum atomic E-state index is 12.5. The van der Waals surface area contributed by atoms with Crippen LogP contribution in [0.1, 0.15) is 43.2 Å². The number of ether oxygens (including phenoxy) is 1. The lowest BCUT2D eigenvalue weighted by molar-refractivity contribution is 0.102. The third-order valence-electron chi connectivity index (χ3n) is 3.92. The monoisotopic (exact) mass is 329 g/mol. The SMILES string of the molecule is CC(C)Oc1ccccc1NC(=O)c1cn(C2CCNCC2)nn1. The van der Waals surface area contributed by atoms with Gasteiger partial charge in [0.1, 0.15) is 5.75 Å². The Morgan fingerprint density at radius 2 is 2.08 bits per heavy atom. The summed E-state index contributed by atoms with van der Waals surface area (Å²) >= 11 is 0. The molecule has 128 valence electrons. The van der Waals surface area contributed by atoms with Crippen molar-refractivity contribution in [2.45, 2.75) is 38.8 Å². The minimum Gasteiger partial charge on any atom is -0.489 e. The number of para-hydroxylation sites is 2. The standard InChI is InChI=1S/C17H23N5O2/c1-12(2)24-16-6-4-3-5-14(16)19-17(23)15-11-22(21-20-15)13-7-9-18-10-8-13/h3-6,11-13,18H,7-10H2,1-2H3,(H,19,23). The van der Waals surface area contributed by atoms with Gasteiger partial charge in [0.05, 0.1) is 24.0 Å². The van der Waals surface area contributed by atoms with Crippen LogP contribution in [0.25, 0.3) is 0 Å². The lowest BCUT2D eigenvalue weighted by atomic mass is 10.1. The van der Waals surface area contributed by atoms with E-state index in [1.807, 2.05) is 38.1 Å². The molecular weight excluding hydrogens is 306 g/mol. The van der Waals surface area contributed by atoms with Gasteiger partial charge >= 0.3 is 0 Å². The van der Waals surface area contributed by atoms with Gasteiger partial charge in [0, 0.05) is 0 Å². The number of amides is 1. The second-order valence-corrected chi connectivity index (χ2v) is 6.18. The molecule has 2 N–H and O–H groups in total. The largest absolute Gasteiger partial charge is 0.489 e. The van der Waals surface area contributed by atoms with Gasteiger partial charge in [0.15, 0.2) is 5.69 Å². The van der Waals surface area contributed by atoms with E-state index in [9.17, 15) is 4.79 Å². The number of aromatic nitrogens is 3. The number of benzene rings is 1. The second-order valence-electron chi connectivity index (χ2n) is 6.18. The fraction of sp³-hybridized carbons (Fsp3) is 0.471. The average molecular weight is 329 g/mol. The van der Waals surface area contributed by atoms with Crippen molar-refractivity contribution in [2.75, 3.05) is 18.4 Å². The molecule has 7 nitrogen and oxygen atoms in total. The van der Waals surface area contributed by atoms with Gasteiger partial charge in [-0.3, -0.25) is 4.79 Å². The van der Waals surface area contributed by atoms with Gasteiger partial charge in [-0.25, -0.2) is 4.68 Å². The van der Waals surface area contributed by atoms with E-state index < -0.39 is 0 Å². The highest BCUT2D eigenvalue weighted by molar-refractivity contribution is 6.03. The van der Waals surface area contributed by atoms with Crippen molar-refractivity contribution in [3.05, 3.63) is 36.2 Å². The summed E-state index contributed by atoms with van der Waals surface area (Å²) in [6.07, 6.45) is 3.74. The van der Waals surface area contributed by atoms with Crippen molar-refractivity contribution < 1.29 is 9.53 Å². The third-order valence-corrected chi connectivity index (χ3v) is 3.92. The molecule has 3 rings (SSSR count). The van der Waals surface area contributed by atoms with Crippen LogP contribution in [0.5, 0.6) is 5.75 Å². The van der Waals surface area contributed by atoms with Crippen molar-refractivity contribution in [1.29, 1.82) is 0 Å². The maximum absolute atomic E-state index is 12.5. The molecule has 2 aromatic rings. The summed E-state index contributed by atoms with van der Waals surface area (Å²) in [5.74, 6) is 0.363. The van der Waals surface area contributed by atoms with E-state index in [4.69, 9.17) is 4.74 Å². The minimum absolute atomic E-state index is 0.0313. The molecule has 1 amide bonds. The Kier molecular flexibility index (Phi) is 5.10. The highest BCUT2D eigenvalue weighted by atomic mass is 16.5. The number of piperidine rings is 1. The van der Waals surface area contributed by atoms with E-state index in [1.165, 1.54) is 0 Å². The lowest BCUT2D eigenvalue weighted by Gasteiger charge is -2.22. The zero-order valence-corrected chi connectivity index (χ0v) is 14.0. The molecule has 7 heteroatoms. The first-order chi connectivity index (χ1) is 11.6. The molecule has 1 aliphatic heterocycles. The quantitative estimate of drug-likeness (QED) is 0.879. The molecule has 1 saturated heterocycles. The van der Waals surface area contributed by atoms with Crippen LogP contribution in [-0.2, 0) is 0 Å². The zero-order chi connectivity index (χ0) is 16.9. The Hall–Kier alpha value is -2.41. The molecule has 0 saturated carbocycles. The Morgan fingerprint density at radius 3 is 2.83 bits per heavy atom. The maximum Gasteiger partial charge on any atom is 0.277 e. The molecule has 2 heterocycles. The van der Waals surface area contributed by atoms with Crippen molar-refractivity contribution in [2.24, 2.45) is 0 Å². The summed E-state index contributed by atoms with van der Waals surface area (Å²) in [6.45, 7) is 5.82. The number of anilines is 1. The van der Waals surface area contributed by atoms with Crippen LogP contribution in [-0.4, -0.2) is 40.1 Å². The van der Waals surface area contributed by atoms with Crippen LogP contribution in [0.2, 0.25) is 0 Å². The summed E-state index contributed by atoms with van der Waals surface area (Å²) in [4.78, 5) is 12.5. The van der Waals surface area contributed by atoms with Crippen LogP contribution in [0.4, 0.5) is 5.69 Å². The van der Waals surface area contributed by atoms with E-state index in [-0.39, 0.29) is 12.0 Å². The number of carbonyl (C=O) groups is 1. The molecule has 1 aromatic heterocycles. The van der Waals surface area contributed by atoms with Crippen molar-refractivity contribution in [3.8, 4) is 5.75 Å². The van der Waals surface area contributed by atoms with Crippen LogP contribution in [0, 0.1) is 0 Å². The molecule has 1 aliphatic rings. The highest BCUT2D eigenvalue weighted by Crippen LogP contribution is 2.25. The van der Waals surface area contributed by atoms with Crippen LogP contribution in [0.15, 0.2) is 30.5 Å². The fourth-order valence-electron chi connectivity index (χ4n) is 2.74. The van der Waals surface area contributed by atoms with Crippen molar-refractivity contribution in [1.82, 2.24) is 20.3 Å². The van der Waals surface area contributed by atoms with E-state index in [0.29, 0.717) is 23.2 Å². The number of carbonyl (C=O) groups excluding carboxylic acids is 1. The Bertz CT molecular complexity index is 692. The zero-order valence-electron chi connectivity index (χ0n) is 14.0. The molecule has 1 fully saturated rings. The van der Waals surface area contributed by atoms with Gasteiger partial charge in [-0.15, -0.1) is 5.10 Å². The predicted molar refractivity (Wildman–Crippen MR) is 91.3 cm³/mol. The summed E-state index contributed by atoms with van der Waals surface area (Å²) in [5, 5.41) is 14.3. The smallest absolute Gasteiger partial charge is 0.277 e. The van der Waals surface area contributed by atoms with Gasteiger partial charge < -0.3 is 15.4 Å². The van der Waals surface area contributed by atoms with E-state index in [2.05, 4.69) is 20.9 Å². The first kappa shape index (κ1) is 16.4. The molecule has 0 unspecified atom stereocenters. The van der Waals surface area contributed by atoms with Gasteiger partial charge in [0.25, 0.3) is 5.91 Å². The topological polar surface area (TPSA) is 81.1 Å². The van der Waals surface area contributed by atoms with Crippen LogP contribution < -0.4 is 15.4 Å². The summed E-state index contributed by atoms with van der Waals surface area (Å²) < 4.78 is 7.52. The first-order valence-electron chi connectivity index (χ1n) is 8.33. The first-order valence-corrected chi connectivity index (χ1v) is 8.33. The predicted octanol–water partition coefficient (Wildman–Crippen LogP) is 2.24. The summed E-state index contributed by atoms with van der Waals surface area (Å²) in [5.41, 5.74) is 0.945. The minimum atomic E-state index is -0.282. The van der Waals surface area contributed by atoms with Gasteiger partial charge in [0.2, 0.25) is 0 Å². The van der Waals surface area contributed by atoms with Gasteiger partial charge in [-0.05, 0) is 51.9 Å². The van der Waals surface area contributed by atoms with E-state index in [1.54, 1.807) is 10.9 Å². The summed E-state index contributed by atoms with van der Waals surface area (Å²) in [6, 6.07) is 7.68. The third kappa shape index (κ3) is 3.91. The fourth-order valence-corrected chi connectivity index (χ4v) is 2.74. The average Bonchev–Trinajstić information content (AvgIpc) is 3.07.